The summed E-state index contributed by atoms with van der Waals surface area (Å²) in [5.74, 6) is 0.382. The standard InChI is InChI=1S/C38H39FN8O2/c1-26(2)23-38(37(49)42-30-10-13-33-32(22-30)35(44-43-33)27-4-8-29(39)9-5-27)14-17-45(25-38)24-34(48)47-20-18-46(19-21-47)31-11-6-28(7-12-31)36-40-15-3-16-41-36/h3-13,15-16,22H,1,14,17-21,23-25H2,2H3,(H,42,49)(H,43,44). The summed E-state index contributed by atoms with van der Waals surface area (Å²) in [6, 6.07) is 21.8. The van der Waals surface area contributed by atoms with E-state index >= 15 is 0 Å². The molecule has 1 atom stereocenters. The Balaban J connectivity index is 0.969. The van der Waals surface area contributed by atoms with Crippen molar-refractivity contribution in [3.8, 4) is 22.6 Å². The number of nitrogens with zero attached hydrogens (tertiary/aromatic N) is 6. The number of likely N-dealkylation sites (tertiary alicyclic amines) is 1. The molecule has 7 rings (SSSR count). The quantitative estimate of drug-likeness (QED) is 0.194. The lowest BCUT2D eigenvalue weighted by atomic mass is 9.80. The molecule has 11 heteroatoms. The molecule has 0 spiro atoms. The number of carbonyl (C=O) groups is 2. The Morgan fingerprint density at radius 2 is 1.65 bits per heavy atom. The lowest BCUT2D eigenvalue weighted by Crippen LogP contribution is -2.51. The fourth-order valence-corrected chi connectivity index (χ4v) is 7.04. The summed E-state index contributed by atoms with van der Waals surface area (Å²) in [5, 5.41) is 11.4. The minimum atomic E-state index is -0.701. The Labute approximate surface area is 284 Å². The van der Waals surface area contributed by atoms with Crippen LogP contribution in [0.5, 0.6) is 0 Å². The number of hydrogen-bond acceptors (Lipinski definition) is 7. The molecule has 2 aliphatic heterocycles. The molecule has 2 amide bonds. The fraction of sp³-hybridized carbons (Fsp3) is 0.289. The van der Waals surface area contributed by atoms with E-state index in [1.807, 2.05) is 42.2 Å². The zero-order valence-electron chi connectivity index (χ0n) is 27.5. The molecular weight excluding hydrogens is 619 g/mol. The van der Waals surface area contributed by atoms with E-state index in [0.29, 0.717) is 56.2 Å². The highest BCUT2D eigenvalue weighted by molar-refractivity contribution is 6.00. The number of halogens is 1. The largest absolute Gasteiger partial charge is 0.368 e. The molecule has 2 fully saturated rings. The SMILES string of the molecule is C=C(C)CC1(C(=O)Nc2ccc3[nH]nc(-c4ccc(F)cc4)c3c2)CCN(CC(=O)N2CCN(c3ccc(-c4ncccn4)cc3)CC2)C1. The number of H-pyrrole nitrogens is 1. The molecule has 0 radical (unpaired) electrons. The Bertz CT molecular complexity index is 1970. The van der Waals surface area contributed by atoms with Crippen molar-refractivity contribution in [3.05, 3.63) is 103 Å². The van der Waals surface area contributed by atoms with E-state index in [-0.39, 0.29) is 24.2 Å². The second-order valence-electron chi connectivity index (χ2n) is 13.2. The van der Waals surface area contributed by atoms with Gasteiger partial charge in [-0.05, 0) is 99.1 Å². The minimum Gasteiger partial charge on any atom is -0.368 e. The van der Waals surface area contributed by atoms with Crippen molar-refractivity contribution in [2.75, 3.05) is 56.0 Å². The number of aromatic nitrogens is 4. The summed E-state index contributed by atoms with van der Waals surface area (Å²) in [4.78, 5) is 42.4. The molecule has 2 aromatic heterocycles. The molecule has 3 aromatic carbocycles. The first-order valence-electron chi connectivity index (χ1n) is 16.6. The van der Waals surface area contributed by atoms with Gasteiger partial charge in [0, 0.05) is 73.0 Å². The van der Waals surface area contributed by atoms with Crippen molar-refractivity contribution in [3.63, 3.8) is 0 Å². The second-order valence-corrected chi connectivity index (χ2v) is 13.2. The monoisotopic (exact) mass is 658 g/mol. The maximum Gasteiger partial charge on any atom is 0.236 e. The van der Waals surface area contributed by atoms with E-state index < -0.39 is 5.41 Å². The molecule has 0 bridgehead atoms. The predicted molar refractivity (Wildman–Crippen MR) is 189 cm³/mol. The highest BCUT2D eigenvalue weighted by atomic mass is 19.1. The molecule has 250 valence electrons. The van der Waals surface area contributed by atoms with Crippen LogP contribution in [0.4, 0.5) is 15.8 Å². The molecule has 0 saturated carbocycles. The van der Waals surface area contributed by atoms with Crippen LogP contribution in [0.15, 0.2) is 97.3 Å². The van der Waals surface area contributed by atoms with Gasteiger partial charge in [-0.1, -0.05) is 5.57 Å². The molecule has 1 unspecified atom stereocenters. The first-order chi connectivity index (χ1) is 23.8. The lowest BCUT2D eigenvalue weighted by Gasteiger charge is -2.37. The summed E-state index contributed by atoms with van der Waals surface area (Å²) >= 11 is 0. The topological polar surface area (TPSA) is 110 Å². The number of rotatable bonds is 9. The average Bonchev–Trinajstić information content (AvgIpc) is 3.73. The highest BCUT2D eigenvalue weighted by Crippen LogP contribution is 2.38. The predicted octanol–water partition coefficient (Wildman–Crippen LogP) is 5.77. The number of allylic oxidation sites excluding steroid dienone is 1. The third-order valence-electron chi connectivity index (χ3n) is 9.54. The van der Waals surface area contributed by atoms with Crippen LogP contribution in [-0.4, -0.2) is 87.6 Å². The van der Waals surface area contributed by atoms with E-state index in [0.717, 1.165) is 46.4 Å². The Morgan fingerprint density at radius 3 is 2.37 bits per heavy atom. The van der Waals surface area contributed by atoms with E-state index in [4.69, 9.17) is 0 Å². The average molecular weight is 659 g/mol. The molecule has 10 nitrogen and oxygen atoms in total. The van der Waals surface area contributed by atoms with Gasteiger partial charge >= 0.3 is 0 Å². The summed E-state index contributed by atoms with van der Waals surface area (Å²) in [5.41, 5.74) is 5.23. The van der Waals surface area contributed by atoms with Gasteiger partial charge in [0.25, 0.3) is 0 Å². The van der Waals surface area contributed by atoms with Gasteiger partial charge in [0.2, 0.25) is 11.8 Å². The van der Waals surface area contributed by atoms with Gasteiger partial charge in [0.15, 0.2) is 5.82 Å². The van der Waals surface area contributed by atoms with Crippen LogP contribution >= 0.6 is 0 Å². The third kappa shape index (κ3) is 6.93. The normalized spacial score (nSPS) is 18.2. The summed E-state index contributed by atoms with van der Waals surface area (Å²) < 4.78 is 13.5. The number of carbonyl (C=O) groups excluding carboxylic acids is 2. The number of aromatic amines is 1. The number of benzene rings is 3. The van der Waals surface area contributed by atoms with E-state index in [1.165, 1.54) is 12.1 Å². The molecule has 5 aromatic rings. The van der Waals surface area contributed by atoms with Gasteiger partial charge in [-0.25, -0.2) is 14.4 Å². The Morgan fingerprint density at radius 1 is 0.939 bits per heavy atom. The van der Waals surface area contributed by atoms with Gasteiger partial charge < -0.3 is 15.1 Å². The van der Waals surface area contributed by atoms with Crippen LogP contribution in [0.2, 0.25) is 0 Å². The Hall–Kier alpha value is -5.42. The first kappa shape index (κ1) is 32.1. The molecule has 2 aliphatic rings. The van der Waals surface area contributed by atoms with Crippen molar-refractivity contribution < 1.29 is 14.0 Å². The molecule has 2 saturated heterocycles. The molecule has 49 heavy (non-hydrogen) atoms. The van der Waals surface area contributed by atoms with Crippen molar-refractivity contribution in [2.24, 2.45) is 5.41 Å². The summed E-state index contributed by atoms with van der Waals surface area (Å²) in [6.07, 6.45) is 4.64. The van der Waals surface area contributed by atoms with Crippen LogP contribution in [-0.2, 0) is 9.59 Å². The number of anilines is 2. The van der Waals surface area contributed by atoms with Crippen LogP contribution < -0.4 is 10.2 Å². The number of hydrogen-bond donors (Lipinski definition) is 2. The number of amides is 2. The number of piperazine rings is 1. The van der Waals surface area contributed by atoms with Gasteiger partial charge in [0.05, 0.1) is 23.2 Å². The van der Waals surface area contributed by atoms with Crippen molar-refractivity contribution in [1.29, 1.82) is 0 Å². The van der Waals surface area contributed by atoms with Crippen molar-refractivity contribution >= 4 is 34.1 Å². The maximum absolute atomic E-state index is 14.0. The summed E-state index contributed by atoms with van der Waals surface area (Å²) in [7, 11) is 0. The first-order valence-corrected chi connectivity index (χ1v) is 16.6. The van der Waals surface area contributed by atoms with Crippen LogP contribution in [0, 0.1) is 11.2 Å². The van der Waals surface area contributed by atoms with Gasteiger partial charge in [0.1, 0.15) is 5.82 Å². The molecule has 0 aliphatic carbocycles. The maximum atomic E-state index is 14.0. The van der Waals surface area contributed by atoms with Crippen LogP contribution in [0.3, 0.4) is 0 Å². The fourth-order valence-electron chi connectivity index (χ4n) is 7.04. The summed E-state index contributed by atoms with van der Waals surface area (Å²) in [6.45, 7) is 10.3. The molecule has 2 N–H and O–H groups in total. The van der Waals surface area contributed by atoms with Crippen LogP contribution in [0.25, 0.3) is 33.5 Å². The zero-order chi connectivity index (χ0) is 34.0. The highest BCUT2D eigenvalue weighted by Gasteiger charge is 2.45. The van der Waals surface area contributed by atoms with E-state index in [2.05, 4.69) is 54.0 Å². The van der Waals surface area contributed by atoms with Gasteiger partial charge in [-0.15, -0.1) is 6.58 Å². The van der Waals surface area contributed by atoms with Crippen LogP contribution in [0.1, 0.15) is 19.8 Å². The van der Waals surface area contributed by atoms with Gasteiger partial charge in [-0.2, -0.15) is 5.10 Å². The smallest absolute Gasteiger partial charge is 0.236 e. The molecular formula is C38H39FN8O2. The van der Waals surface area contributed by atoms with Crippen molar-refractivity contribution in [1.82, 2.24) is 30.0 Å². The zero-order valence-corrected chi connectivity index (χ0v) is 27.5. The number of nitrogens with one attached hydrogen (secondary N) is 2. The van der Waals surface area contributed by atoms with E-state index in [1.54, 1.807) is 30.6 Å². The Kier molecular flexibility index (Phi) is 8.92. The van der Waals surface area contributed by atoms with Crippen molar-refractivity contribution in [2.45, 2.75) is 19.8 Å². The second kappa shape index (κ2) is 13.6. The lowest BCUT2D eigenvalue weighted by molar-refractivity contribution is -0.133. The number of fused-ring (bicyclic) bond motifs is 1. The third-order valence-corrected chi connectivity index (χ3v) is 9.54. The van der Waals surface area contributed by atoms with Gasteiger partial charge in [-0.3, -0.25) is 19.6 Å². The van der Waals surface area contributed by atoms with E-state index in [9.17, 15) is 14.0 Å². The molecule has 4 heterocycles. The minimum absolute atomic E-state index is 0.0847.